The van der Waals surface area contributed by atoms with E-state index in [2.05, 4.69) is 5.32 Å². The van der Waals surface area contributed by atoms with Crippen molar-refractivity contribution in [1.29, 1.82) is 0 Å². The van der Waals surface area contributed by atoms with Gasteiger partial charge in [-0.3, -0.25) is 9.59 Å². The Hall–Kier alpha value is -1.79. The van der Waals surface area contributed by atoms with E-state index in [0.717, 1.165) is 0 Å². The molecule has 1 atom stereocenters. The minimum absolute atomic E-state index is 0.262. The third-order valence-electron chi connectivity index (χ3n) is 2.52. The van der Waals surface area contributed by atoms with Crippen LogP contribution in [-0.2, 0) is 9.59 Å². The molecule has 0 saturated heterocycles. The monoisotopic (exact) mass is 300 g/mol. The van der Waals surface area contributed by atoms with E-state index in [9.17, 15) is 14.7 Å². The van der Waals surface area contributed by atoms with Crippen molar-refractivity contribution < 1.29 is 19.4 Å². The summed E-state index contributed by atoms with van der Waals surface area (Å²) in [6, 6.07) is 6.55. The van der Waals surface area contributed by atoms with Crippen LogP contribution < -0.4 is 15.8 Å². The van der Waals surface area contributed by atoms with E-state index in [-0.39, 0.29) is 6.54 Å². The molecule has 0 aliphatic rings. The van der Waals surface area contributed by atoms with Crippen LogP contribution in [0, 0.1) is 0 Å². The number of carbonyl (C=O) groups is 2. The average molecular weight is 301 g/mol. The van der Waals surface area contributed by atoms with E-state index < -0.39 is 23.5 Å². The molecule has 1 aromatic carbocycles. The third kappa shape index (κ3) is 4.71. The molecule has 0 bridgehead atoms. The van der Waals surface area contributed by atoms with E-state index in [4.69, 9.17) is 22.1 Å². The highest BCUT2D eigenvalue weighted by Gasteiger charge is 2.30. The van der Waals surface area contributed by atoms with E-state index in [0.29, 0.717) is 10.8 Å². The largest absolute Gasteiger partial charge is 0.478 e. The number of halogens is 1. The zero-order valence-corrected chi connectivity index (χ0v) is 12.0. The summed E-state index contributed by atoms with van der Waals surface area (Å²) >= 11 is 5.75. The van der Waals surface area contributed by atoms with Crippen LogP contribution in [-0.4, -0.2) is 35.2 Å². The number of hydrogen-bond acceptors (Lipinski definition) is 4. The maximum Gasteiger partial charge on any atom is 0.263 e. The summed E-state index contributed by atoms with van der Waals surface area (Å²) in [4.78, 5) is 22.6. The van der Waals surface area contributed by atoms with Gasteiger partial charge >= 0.3 is 0 Å². The Bertz CT molecular complexity index is 488. The number of benzene rings is 1. The van der Waals surface area contributed by atoms with Gasteiger partial charge in [0.2, 0.25) is 5.91 Å². The van der Waals surface area contributed by atoms with Crippen molar-refractivity contribution in [3.8, 4) is 5.75 Å². The first kappa shape index (κ1) is 16.3. The molecule has 0 heterocycles. The molecule has 20 heavy (non-hydrogen) atoms. The summed E-state index contributed by atoms with van der Waals surface area (Å²) in [5.74, 6) is -0.903. The Balaban J connectivity index is 2.61. The quantitative estimate of drug-likeness (QED) is 0.710. The molecule has 2 amide bonds. The van der Waals surface area contributed by atoms with Crippen molar-refractivity contribution in [1.82, 2.24) is 5.32 Å². The number of rotatable bonds is 6. The molecule has 7 heteroatoms. The van der Waals surface area contributed by atoms with Crippen LogP contribution in [0.5, 0.6) is 5.75 Å². The Morgan fingerprint density at radius 2 is 1.95 bits per heavy atom. The Labute approximate surface area is 121 Å². The fourth-order valence-electron chi connectivity index (χ4n) is 1.35. The van der Waals surface area contributed by atoms with Gasteiger partial charge in [0, 0.05) is 5.02 Å². The highest BCUT2D eigenvalue weighted by molar-refractivity contribution is 6.30. The molecule has 0 fully saturated rings. The number of carbonyl (C=O) groups excluding carboxylic acids is 2. The standard InChI is InChI=1S/C13H17ClN2O4/c1-13(2,12(19)16-7-10(17)11(15)18)20-9-5-3-8(14)4-6-9/h3-6,10,17H,7H2,1-2H3,(H2,15,18)(H,16,19). The van der Waals surface area contributed by atoms with Crippen LogP contribution >= 0.6 is 11.6 Å². The van der Waals surface area contributed by atoms with Gasteiger partial charge in [-0.2, -0.15) is 0 Å². The number of primary amides is 1. The summed E-state index contributed by atoms with van der Waals surface area (Å²) < 4.78 is 5.54. The van der Waals surface area contributed by atoms with E-state index in [1.54, 1.807) is 38.1 Å². The molecule has 0 saturated carbocycles. The van der Waals surface area contributed by atoms with Gasteiger partial charge in [-0.05, 0) is 38.1 Å². The Kier molecular flexibility index (Phi) is 5.35. The number of amides is 2. The normalized spacial score (nSPS) is 12.6. The SMILES string of the molecule is CC(C)(Oc1ccc(Cl)cc1)C(=O)NCC(O)C(N)=O. The molecule has 1 unspecified atom stereocenters. The van der Waals surface area contributed by atoms with Crippen molar-refractivity contribution >= 4 is 23.4 Å². The van der Waals surface area contributed by atoms with Gasteiger partial charge in [0.05, 0.1) is 6.54 Å². The van der Waals surface area contributed by atoms with Gasteiger partial charge in [-0.15, -0.1) is 0 Å². The van der Waals surface area contributed by atoms with Gasteiger partial charge in [0.15, 0.2) is 5.60 Å². The fourth-order valence-corrected chi connectivity index (χ4v) is 1.47. The Morgan fingerprint density at radius 1 is 1.40 bits per heavy atom. The highest BCUT2D eigenvalue weighted by atomic mass is 35.5. The van der Waals surface area contributed by atoms with Crippen molar-refractivity contribution in [2.24, 2.45) is 5.73 Å². The highest BCUT2D eigenvalue weighted by Crippen LogP contribution is 2.20. The lowest BCUT2D eigenvalue weighted by atomic mass is 10.1. The van der Waals surface area contributed by atoms with Crippen molar-refractivity contribution in [2.75, 3.05) is 6.54 Å². The lowest BCUT2D eigenvalue weighted by molar-refractivity contribution is -0.135. The van der Waals surface area contributed by atoms with Crippen LogP contribution in [0.1, 0.15) is 13.8 Å². The minimum Gasteiger partial charge on any atom is -0.478 e. The van der Waals surface area contributed by atoms with Gasteiger partial charge in [0.1, 0.15) is 11.9 Å². The minimum atomic E-state index is -1.43. The van der Waals surface area contributed by atoms with Crippen LogP contribution in [0.2, 0.25) is 5.02 Å². The Morgan fingerprint density at radius 3 is 2.45 bits per heavy atom. The number of nitrogens with one attached hydrogen (secondary N) is 1. The van der Waals surface area contributed by atoms with Crippen LogP contribution in [0.4, 0.5) is 0 Å². The second-order valence-corrected chi connectivity index (χ2v) is 5.13. The maximum absolute atomic E-state index is 11.9. The average Bonchev–Trinajstić information content (AvgIpc) is 2.37. The summed E-state index contributed by atoms with van der Waals surface area (Å²) in [7, 11) is 0. The van der Waals surface area contributed by atoms with Crippen molar-refractivity contribution in [3.63, 3.8) is 0 Å². The number of nitrogens with two attached hydrogens (primary N) is 1. The van der Waals surface area contributed by atoms with Crippen LogP contribution in [0.25, 0.3) is 0 Å². The van der Waals surface area contributed by atoms with Crippen molar-refractivity contribution in [2.45, 2.75) is 25.6 Å². The number of ether oxygens (including phenoxy) is 1. The zero-order chi connectivity index (χ0) is 15.3. The molecule has 1 aromatic rings. The molecule has 0 spiro atoms. The molecule has 4 N–H and O–H groups in total. The van der Waals surface area contributed by atoms with Crippen LogP contribution in [0.15, 0.2) is 24.3 Å². The fraction of sp³-hybridized carbons (Fsp3) is 0.385. The lowest BCUT2D eigenvalue weighted by Gasteiger charge is -2.25. The zero-order valence-electron chi connectivity index (χ0n) is 11.2. The first-order chi connectivity index (χ1) is 9.22. The third-order valence-corrected chi connectivity index (χ3v) is 2.77. The van der Waals surface area contributed by atoms with Gasteiger partial charge in [-0.1, -0.05) is 11.6 Å². The molecule has 1 rings (SSSR count). The summed E-state index contributed by atoms with van der Waals surface area (Å²) in [6.45, 7) is 2.86. The predicted octanol–water partition coefficient (Wildman–Crippen LogP) is 0.460. The molecule has 6 nitrogen and oxygen atoms in total. The number of hydrogen-bond donors (Lipinski definition) is 3. The van der Waals surface area contributed by atoms with Crippen LogP contribution in [0.3, 0.4) is 0 Å². The molecule has 0 aromatic heterocycles. The smallest absolute Gasteiger partial charge is 0.263 e. The summed E-state index contributed by atoms with van der Waals surface area (Å²) in [5, 5.41) is 12.2. The topological polar surface area (TPSA) is 102 Å². The summed E-state index contributed by atoms with van der Waals surface area (Å²) in [6.07, 6.45) is -1.43. The molecular formula is C13H17ClN2O4. The van der Waals surface area contributed by atoms with Gasteiger partial charge in [0.25, 0.3) is 5.91 Å². The lowest BCUT2D eigenvalue weighted by Crippen LogP contribution is -2.50. The second-order valence-electron chi connectivity index (χ2n) is 4.69. The predicted molar refractivity (Wildman–Crippen MR) is 74.4 cm³/mol. The maximum atomic E-state index is 11.9. The molecule has 0 radical (unpaired) electrons. The second kappa shape index (κ2) is 6.58. The molecule has 110 valence electrons. The van der Waals surface area contributed by atoms with E-state index >= 15 is 0 Å². The first-order valence-electron chi connectivity index (χ1n) is 5.92. The van der Waals surface area contributed by atoms with E-state index in [1.165, 1.54) is 0 Å². The molecule has 0 aliphatic heterocycles. The van der Waals surface area contributed by atoms with Gasteiger partial charge in [-0.25, -0.2) is 0 Å². The number of aliphatic hydroxyl groups excluding tert-OH is 1. The molecule has 0 aliphatic carbocycles. The molecular weight excluding hydrogens is 284 g/mol. The van der Waals surface area contributed by atoms with Gasteiger partial charge < -0.3 is 20.9 Å². The number of aliphatic hydroxyl groups is 1. The summed E-state index contributed by atoms with van der Waals surface area (Å²) in [5.41, 5.74) is 3.71. The van der Waals surface area contributed by atoms with Crippen molar-refractivity contribution in [3.05, 3.63) is 29.3 Å². The van der Waals surface area contributed by atoms with E-state index in [1.807, 2.05) is 0 Å². The first-order valence-corrected chi connectivity index (χ1v) is 6.30.